The number of anilines is 6. The molecule has 4 aliphatic heterocycles. The maximum atomic E-state index is 7.10. The molecule has 0 spiro atoms. The van der Waals surface area contributed by atoms with Crippen molar-refractivity contribution in [1.29, 1.82) is 0 Å². The molecule has 11 aromatic carbocycles. The van der Waals surface area contributed by atoms with E-state index in [1.54, 1.807) is 0 Å². The first-order valence-corrected chi connectivity index (χ1v) is 31.0. The van der Waals surface area contributed by atoms with Gasteiger partial charge >= 0.3 is 0 Å². The summed E-state index contributed by atoms with van der Waals surface area (Å²) in [5, 5.41) is 4.49. The van der Waals surface area contributed by atoms with Crippen LogP contribution in [0.4, 0.5) is 34.1 Å². The molecule has 0 fully saturated rings. The van der Waals surface area contributed by atoms with E-state index >= 15 is 0 Å². The molecule has 0 amide bonds. The normalized spacial score (nSPS) is 13.7. The van der Waals surface area contributed by atoms with Crippen LogP contribution < -0.4 is 9.80 Å². The molecule has 0 aliphatic carbocycles. The van der Waals surface area contributed by atoms with Gasteiger partial charge < -0.3 is 14.2 Å². The van der Waals surface area contributed by atoms with Crippen molar-refractivity contribution >= 4 is 161 Å². The minimum Gasteiger partial charge on any atom is -0.456 e. The topological polar surface area (TPSA) is 19.6 Å². The highest BCUT2D eigenvalue weighted by atomic mass is 32.2. The lowest BCUT2D eigenvalue weighted by atomic mass is 10.0. The maximum absolute atomic E-state index is 7.10. The molecule has 0 bridgehead atoms. The second kappa shape index (κ2) is 18.3. The molecule has 0 unspecified atom stereocenters. The van der Waals surface area contributed by atoms with Crippen molar-refractivity contribution in [1.82, 2.24) is 0 Å². The van der Waals surface area contributed by atoms with E-state index in [9.17, 15) is 0 Å². The molecule has 3 nitrogen and oxygen atoms in total. The third kappa shape index (κ3) is 7.84. The number of hydrogen-bond acceptors (Lipinski definition) is 11. The van der Waals surface area contributed by atoms with Crippen molar-refractivity contribution < 1.29 is 4.42 Å². The van der Waals surface area contributed by atoms with Gasteiger partial charge in [-0.15, -0.1) is 0 Å². The molecule has 0 N–H and O–H groups in total. The molecule has 11 heteroatoms. The fourth-order valence-electron chi connectivity index (χ4n) is 10.4. The fourth-order valence-corrected chi connectivity index (χ4v) is 19.5. The van der Waals surface area contributed by atoms with Gasteiger partial charge in [-0.05, 0) is 144 Å². The van der Waals surface area contributed by atoms with Gasteiger partial charge in [-0.25, -0.2) is 0 Å². The van der Waals surface area contributed by atoms with Crippen LogP contribution in [0.1, 0.15) is 0 Å². The smallest absolute Gasteiger partial charge is 0.137 e. The van der Waals surface area contributed by atoms with Crippen molar-refractivity contribution in [2.45, 2.75) is 78.3 Å². The summed E-state index contributed by atoms with van der Waals surface area (Å²) < 4.78 is 7.10. The lowest BCUT2D eigenvalue weighted by Gasteiger charge is -2.36. The van der Waals surface area contributed by atoms with Crippen LogP contribution in [0.25, 0.3) is 32.7 Å². The van der Waals surface area contributed by atoms with Crippen LogP contribution in [0.2, 0.25) is 0 Å². The van der Waals surface area contributed by atoms with Gasteiger partial charge in [-0.3, -0.25) is 0 Å². The van der Waals surface area contributed by atoms with Gasteiger partial charge in [0, 0.05) is 107 Å². The van der Waals surface area contributed by atoms with E-state index in [0.717, 1.165) is 61.4 Å². The van der Waals surface area contributed by atoms with E-state index in [1.807, 2.05) is 94.1 Å². The molecule has 0 saturated heterocycles. The summed E-state index contributed by atoms with van der Waals surface area (Å²) in [7, 11) is 0. The number of benzene rings is 11. The number of nitrogens with zero attached hydrogens (tertiary/aromatic N) is 2. The van der Waals surface area contributed by atoms with Gasteiger partial charge in [0.25, 0.3) is 0 Å². The summed E-state index contributed by atoms with van der Waals surface area (Å²) >= 11 is 14.9. The molecule has 0 saturated carbocycles. The van der Waals surface area contributed by atoms with E-state index in [2.05, 4.69) is 228 Å². The Kier molecular flexibility index (Phi) is 11.0. The summed E-state index contributed by atoms with van der Waals surface area (Å²) in [6.45, 7) is 0. The number of hydrogen-bond donors (Lipinski definition) is 0. The maximum Gasteiger partial charge on any atom is 0.137 e. The predicted octanol–water partition coefficient (Wildman–Crippen LogP) is 22.1. The van der Waals surface area contributed by atoms with Crippen molar-refractivity contribution in [3.05, 3.63) is 218 Å². The third-order valence-electron chi connectivity index (χ3n) is 13.8. The van der Waals surface area contributed by atoms with E-state index in [4.69, 9.17) is 4.42 Å². The predicted molar refractivity (Wildman–Crippen MR) is 319 cm³/mol. The summed E-state index contributed by atoms with van der Waals surface area (Å²) in [5.74, 6) is 0. The Balaban J connectivity index is 0.980. The van der Waals surface area contributed by atoms with Gasteiger partial charge in [0.15, 0.2) is 0 Å². The lowest BCUT2D eigenvalue weighted by Crippen LogP contribution is -2.18. The minimum absolute atomic E-state index is 0.834. The first-order chi connectivity index (χ1) is 37.1. The first kappa shape index (κ1) is 45.1. The van der Waals surface area contributed by atoms with Crippen LogP contribution in [-0.2, 0) is 0 Å². The average Bonchev–Trinajstić information content (AvgIpc) is 3.83. The van der Waals surface area contributed by atoms with Gasteiger partial charge in [-0.2, -0.15) is 0 Å². The molecular weight excluding hydrogens is 1070 g/mol. The Hall–Kier alpha value is -6.12. The van der Waals surface area contributed by atoms with E-state index in [0.29, 0.717) is 0 Å². The van der Waals surface area contributed by atoms with Gasteiger partial charge in [0.1, 0.15) is 11.2 Å². The number of furan rings is 1. The lowest BCUT2D eigenvalue weighted by molar-refractivity contribution is 0.669. The standard InChI is InChI=1S/C64H36N2OS8/c1-2-13-38-31-47-42(30-37(38)12-1)43-35-45(65(39-24-27-57-61(32-39)72-52-18-6-3-15-49(52)68-57)40-25-28-58-62(33-40)73-53-19-7-4-16-50(53)69-58)46(36-48(43)67-47)66(41-26-29-59-63(34-41)74-54-20-8-5-17-51(54)70-59)44-14-11-23-60-64(44)75-56-22-10-9-21-55(56)71-60/h1-36H. The van der Waals surface area contributed by atoms with Crippen LogP contribution in [0.5, 0.6) is 0 Å². The van der Waals surface area contributed by atoms with Crippen molar-refractivity contribution in [3.8, 4) is 0 Å². The largest absolute Gasteiger partial charge is 0.456 e. The fraction of sp³-hybridized carbons (Fsp3) is 0. The van der Waals surface area contributed by atoms with Gasteiger partial charge in [-0.1, -0.05) is 173 Å². The molecule has 4 aliphatic rings. The van der Waals surface area contributed by atoms with Crippen LogP contribution in [0.15, 0.2) is 301 Å². The summed E-state index contributed by atoms with van der Waals surface area (Å²) in [6, 6.07) is 81.0. The Morgan fingerprint density at radius 3 is 1.11 bits per heavy atom. The summed E-state index contributed by atoms with van der Waals surface area (Å²) in [4.78, 5) is 25.3. The summed E-state index contributed by atoms with van der Waals surface area (Å²) in [5.41, 5.74) is 8.09. The monoisotopic (exact) mass is 1100 g/mol. The average molecular weight is 1110 g/mol. The molecule has 356 valence electrons. The van der Waals surface area contributed by atoms with Crippen molar-refractivity contribution in [3.63, 3.8) is 0 Å². The second-order valence-electron chi connectivity index (χ2n) is 18.4. The van der Waals surface area contributed by atoms with Crippen molar-refractivity contribution in [2.24, 2.45) is 0 Å². The molecule has 5 heterocycles. The highest BCUT2D eigenvalue weighted by Gasteiger charge is 2.32. The molecule has 12 aromatic rings. The van der Waals surface area contributed by atoms with Crippen LogP contribution in [0.3, 0.4) is 0 Å². The highest BCUT2D eigenvalue weighted by molar-refractivity contribution is 8.06. The SMILES string of the molecule is c1ccc2c(c1)Sc1ccc(N(c3ccc4c(c3)Sc3ccccc3S4)c3cc4c(cc3N(c3ccc5c(c3)Sc3ccccc3S5)c3cccc5c3Sc3ccccc3S5)oc3cc5ccccc5cc34)cc1S2. The Morgan fingerprint density at radius 1 is 0.240 bits per heavy atom. The zero-order valence-corrected chi connectivity index (χ0v) is 45.9. The van der Waals surface area contributed by atoms with Crippen LogP contribution >= 0.6 is 94.1 Å². The van der Waals surface area contributed by atoms with Gasteiger partial charge in [0.2, 0.25) is 0 Å². The Morgan fingerprint density at radius 2 is 0.600 bits per heavy atom. The number of rotatable bonds is 6. The molecular formula is C64H36N2OS8. The Labute approximate surface area is 467 Å². The Bertz CT molecular complexity index is 4280. The third-order valence-corrected chi connectivity index (χ3v) is 24.1. The second-order valence-corrected chi connectivity index (χ2v) is 27.0. The summed E-state index contributed by atoms with van der Waals surface area (Å²) in [6.07, 6.45) is 0. The highest BCUT2D eigenvalue weighted by Crippen LogP contribution is 2.59. The molecule has 0 atom stereocenters. The first-order valence-electron chi connectivity index (χ1n) is 24.4. The zero-order valence-electron chi connectivity index (χ0n) is 39.4. The molecule has 75 heavy (non-hydrogen) atoms. The van der Waals surface area contributed by atoms with E-state index in [1.165, 1.54) is 83.7 Å². The van der Waals surface area contributed by atoms with Crippen LogP contribution in [-0.4, -0.2) is 0 Å². The molecule has 0 radical (unpaired) electrons. The minimum atomic E-state index is 0.834. The zero-order chi connectivity index (χ0) is 49.1. The molecule has 1 aromatic heterocycles. The number of fused-ring (bicyclic) bond motifs is 12. The molecule has 16 rings (SSSR count). The van der Waals surface area contributed by atoms with Gasteiger partial charge in [0.05, 0.1) is 22.0 Å². The van der Waals surface area contributed by atoms with Crippen molar-refractivity contribution in [2.75, 3.05) is 9.80 Å². The van der Waals surface area contributed by atoms with Crippen LogP contribution in [0, 0.1) is 0 Å². The quantitative estimate of drug-likeness (QED) is 0.159. The van der Waals surface area contributed by atoms with E-state index < -0.39 is 0 Å². The van der Waals surface area contributed by atoms with E-state index in [-0.39, 0.29) is 0 Å².